The summed E-state index contributed by atoms with van der Waals surface area (Å²) < 4.78 is 10.4. The second-order valence-corrected chi connectivity index (χ2v) is 5.69. The molecule has 0 saturated carbocycles. The van der Waals surface area contributed by atoms with Gasteiger partial charge in [0, 0.05) is 5.56 Å². The number of carbonyl (C=O) groups excluding carboxylic acids is 2. The third kappa shape index (κ3) is 4.67. The number of hydrogen-bond acceptors (Lipinski definition) is 5. The maximum atomic E-state index is 12.4. The van der Waals surface area contributed by atoms with E-state index >= 15 is 0 Å². The van der Waals surface area contributed by atoms with E-state index in [1.165, 1.54) is 6.92 Å². The highest BCUT2D eigenvalue weighted by atomic mass is 16.6. The largest absolute Gasteiger partial charge is 0.481 e. The number of esters is 1. The van der Waals surface area contributed by atoms with E-state index in [1.807, 2.05) is 26.0 Å². The van der Waals surface area contributed by atoms with Crippen LogP contribution in [0.3, 0.4) is 0 Å². The Balaban J connectivity index is 1.94. The first-order chi connectivity index (χ1) is 11.9. The molecule has 2 rings (SSSR count). The highest BCUT2D eigenvalue weighted by molar-refractivity contribution is 6.00. The van der Waals surface area contributed by atoms with E-state index in [1.54, 1.807) is 36.4 Å². The van der Waals surface area contributed by atoms with Crippen LogP contribution in [-0.2, 0) is 9.53 Å². The lowest BCUT2D eigenvalue weighted by molar-refractivity contribution is -0.148. The van der Waals surface area contributed by atoms with E-state index in [4.69, 9.17) is 14.7 Å². The molecule has 5 nitrogen and oxygen atoms in total. The van der Waals surface area contributed by atoms with Gasteiger partial charge in [0.15, 0.2) is 12.7 Å². The van der Waals surface area contributed by atoms with Gasteiger partial charge in [-0.15, -0.1) is 0 Å². The van der Waals surface area contributed by atoms with Crippen molar-refractivity contribution in [2.24, 2.45) is 0 Å². The van der Waals surface area contributed by atoms with Gasteiger partial charge < -0.3 is 9.47 Å². The Morgan fingerprint density at radius 2 is 1.84 bits per heavy atom. The topological polar surface area (TPSA) is 76.4 Å². The molecular weight excluding hydrogens is 318 g/mol. The molecule has 5 heteroatoms. The first-order valence-electron chi connectivity index (χ1n) is 7.85. The molecule has 0 aliphatic heterocycles. The van der Waals surface area contributed by atoms with Gasteiger partial charge in [-0.05, 0) is 50.1 Å². The van der Waals surface area contributed by atoms with E-state index in [9.17, 15) is 9.59 Å². The minimum absolute atomic E-state index is 0.270. The van der Waals surface area contributed by atoms with Gasteiger partial charge in [0.05, 0.1) is 5.56 Å². The second-order valence-electron chi connectivity index (χ2n) is 5.69. The van der Waals surface area contributed by atoms with E-state index in [0.29, 0.717) is 16.9 Å². The molecule has 0 aromatic heterocycles. The standard InChI is InChI=1S/C20H19NO4/c1-13-8-9-16(10-14(13)2)20(23)15(3)25-19(22)12-24-18-7-5-4-6-17(18)11-21/h4-10,15H,12H2,1-3H3/t15-/m0/s1. The van der Waals surface area contributed by atoms with Crippen molar-refractivity contribution in [2.75, 3.05) is 6.61 Å². The van der Waals surface area contributed by atoms with E-state index in [0.717, 1.165) is 11.1 Å². The van der Waals surface area contributed by atoms with Crippen LogP contribution >= 0.6 is 0 Å². The Bertz CT molecular complexity index is 836. The van der Waals surface area contributed by atoms with Crippen LogP contribution in [0.5, 0.6) is 5.75 Å². The molecule has 128 valence electrons. The van der Waals surface area contributed by atoms with Gasteiger partial charge in [0.2, 0.25) is 5.78 Å². The van der Waals surface area contributed by atoms with Crippen molar-refractivity contribution in [3.05, 3.63) is 64.7 Å². The summed E-state index contributed by atoms with van der Waals surface area (Å²) in [6.45, 7) is 5.04. The summed E-state index contributed by atoms with van der Waals surface area (Å²) in [6.07, 6.45) is -0.913. The molecule has 0 unspecified atom stereocenters. The number of benzene rings is 2. The fourth-order valence-electron chi connectivity index (χ4n) is 2.24. The molecule has 0 saturated heterocycles. The second kappa shape index (κ2) is 8.11. The number of carbonyl (C=O) groups is 2. The zero-order valence-corrected chi connectivity index (χ0v) is 14.4. The predicted octanol–water partition coefficient (Wildman–Crippen LogP) is 3.37. The Morgan fingerprint density at radius 1 is 1.12 bits per heavy atom. The van der Waals surface area contributed by atoms with Crippen LogP contribution in [0.25, 0.3) is 0 Å². The van der Waals surface area contributed by atoms with Crippen LogP contribution < -0.4 is 4.74 Å². The van der Waals surface area contributed by atoms with Crippen molar-refractivity contribution < 1.29 is 19.1 Å². The van der Waals surface area contributed by atoms with E-state index < -0.39 is 12.1 Å². The average molecular weight is 337 g/mol. The highest BCUT2D eigenvalue weighted by Gasteiger charge is 2.20. The van der Waals surface area contributed by atoms with Crippen LogP contribution in [0.4, 0.5) is 0 Å². The third-order valence-corrected chi connectivity index (χ3v) is 3.82. The summed E-state index contributed by atoms with van der Waals surface area (Å²) in [5, 5.41) is 8.98. The minimum atomic E-state index is -0.913. The molecule has 0 heterocycles. The molecule has 0 N–H and O–H groups in total. The lowest BCUT2D eigenvalue weighted by Crippen LogP contribution is -2.27. The Labute approximate surface area is 146 Å². The first-order valence-corrected chi connectivity index (χ1v) is 7.85. The van der Waals surface area contributed by atoms with Gasteiger partial charge in [0.1, 0.15) is 11.8 Å². The molecule has 0 spiro atoms. The molecule has 2 aromatic carbocycles. The molecule has 0 bridgehead atoms. The van der Waals surface area contributed by atoms with Crippen molar-refractivity contribution in [1.29, 1.82) is 5.26 Å². The normalized spacial score (nSPS) is 11.3. The number of hydrogen-bond donors (Lipinski definition) is 0. The van der Waals surface area contributed by atoms with Gasteiger partial charge in [-0.1, -0.05) is 24.3 Å². The number of rotatable bonds is 6. The van der Waals surface area contributed by atoms with Crippen LogP contribution in [0.2, 0.25) is 0 Å². The summed E-state index contributed by atoms with van der Waals surface area (Å²) in [4.78, 5) is 24.3. The summed E-state index contributed by atoms with van der Waals surface area (Å²) in [5.41, 5.74) is 2.92. The summed E-state index contributed by atoms with van der Waals surface area (Å²) >= 11 is 0. The average Bonchev–Trinajstić information content (AvgIpc) is 2.61. The molecule has 0 radical (unpaired) electrons. The molecule has 0 aliphatic rings. The van der Waals surface area contributed by atoms with E-state index in [-0.39, 0.29) is 12.4 Å². The van der Waals surface area contributed by atoms with Gasteiger partial charge in [-0.25, -0.2) is 4.79 Å². The number of ether oxygens (including phenoxy) is 2. The van der Waals surface area contributed by atoms with Crippen molar-refractivity contribution in [3.63, 3.8) is 0 Å². The lowest BCUT2D eigenvalue weighted by atomic mass is 10.0. The van der Waals surface area contributed by atoms with Gasteiger partial charge in [-0.3, -0.25) is 4.79 Å². The number of ketones is 1. The summed E-state index contributed by atoms with van der Waals surface area (Å²) in [6, 6.07) is 13.9. The fraction of sp³-hybridized carbons (Fsp3) is 0.250. The predicted molar refractivity (Wildman–Crippen MR) is 92.5 cm³/mol. The van der Waals surface area contributed by atoms with Crippen molar-refractivity contribution >= 4 is 11.8 Å². The minimum Gasteiger partial charge on any atom is -0.481 e. The maximum absolute atomic E-state index is 12.4. The number of nitrogens with zero attached hydrogens (tertiary/aromatic N) is 1. The lowest BCUT2D eigenvalue weighted by Gasteiger charge is -2.14. The van der Waals surface area contributed by atoms with E-state index in [2.05, 4.69) is 0 Å². The Kier molecular flexibility index (Phi) is 5.91. The molecule has 2 aromatic rings. The Hall–Kier alpha value is -3.13. The van der Waals surface area contributed by atoms with Crippen LogP contribution in [-0.4, -0.2) is 24.5 Å². The highest BCUT2D eigenvalue weighted by Crippen LogP contribution is 2.17. The van der Waals surface area contributed by atoms with Crippen molar-refractivity contribution in [2.45, 2.75) is 26.9 Å². The van der Waals surface area contributed by atoms with Crippen molar-refractivity contribution in [3.8, 4) is 11.8 Å². The third-order valence-electron chi connectivity index (χ3n) is 3.82. The van der Waals surface area contributed by atoms with Gasteiger partial charge in [-0.2, -0.15) is 5.26 Å². The van der Waals surface area contributed by atoms with Crippen LogP contribution in [0.1, 0.15) is 34.0 Å². The Morgan fingerprint density at radius 3 is 2.52 bits per heavy atom. The maximum Gasteiger partial charge on any atom is 0.344 e. The molecule has 1 atom stereocenters. The van der Waals surface area contributed by atoms with Crippen molar-refractivity contribution in [1.82, 2.24) is 0 Å². The number of Topliss-reactive ketones (excluding diaryl/α,β-unsaturated/α-hetero) is 1. The molecular formula is C20H19NO4. The quantitative estimate of drug-likeness (QED) is 0.597. The molecule has 0 amide bonds. The zero-order valence-electron chi connectivity index (χ0n) is 14.4. The van der Waals surface area contributed by atoms with Gasteiger partial charge >= 0.3 is 5.97 Å². The molecule has 0 fully saturated rings. The monoisotopic (exact) mass is 337 g/mol. The van der Waals surface area contributed by atoms with Crippen LogP contribution in [0, 0.1) is 25.2 Å². The SMILES string of the molecule is Cc1ccc(C(=O)[C@H](C)OC(=O)COc2ccccc2C#N)cc1C. The first kappa shape index (κ1) is 18.2. The summed E-state index contributed by atoms with van der Waals surface area (Å²) in [7, 11) is 0. The van der Waals surface area contributed by atoms with Gasteiger partial charge in [0.25, 0.3) is 0 Å². The fourth-order valence-corrected chi connectivity index (χ4v) is 2.24. The number of para-hydroxylation sites is 1. The molecule has 25 heavy (non-hydrogen) atoms. The molecule has 0 aliphatic carbocycles. The van der Waals surface area contributed by atoms with Crippen LogP contribution in [0.15, 0.2) is 42.5 Å². The summed E-state index contributed by atoms with van der Waals surface area (Å²) in [5.74, 6) is -0.638. The number of aryl methyl sites for hydroxylation is 2. The smallest absolute Gasteiger partial charge is 0.344 e. The number of nitriles is 1. The zero-order chi connectivity index (χ0) is 18.4.